The van der Waals surface area contributed by atoms with Gasteiger partial charge in [0.2, 0.25) is 0 Å². The van der Waals surface area contributed by atoms with Crippen LogP contribution < -0.4 is 5.32 Å². The first-order valence-electron chi connectivity index (χ1n) is 6.75. The molecule has 1 saturated carbocycles. The summed E-state index contributed by atoms with van der Waals surface area (Å²) in [4.78, 5) is 7.40. The predicted molar refractivity (Wildman–Crippen MR) is 91.3 cm³/mol. The Kier molecular flexibility index (Phi) is 4.53. The average molecular weight is 392 g/mol. The van der Waals surface area contributed by atoms with E-state index in [4.69, 9.17) is 16.6 Å². The molecule has 3 rings (SSSR count). The van der Waals surface area contributed by atoms with Crippen molar-refractivity contribution >= 4 is 50.2 Å². The highest BCUT2D eigenvalue weighted by Gasteiger charge is 2.29. The fourth-order valence-electron chi connectivity index (χ4n) is 2.17. The van der Waals surface area contributed by atoms with Crippen LogP contribution in [0.1, 0.15) is 46.3 Å². The fraction of sp³-hybridized carbons (Fsp3) is 0.500. The van der Waals surface area contributed by atoms with Gasteiger partial charge in [0.05, 0.1) is 11.7 Å². The number of nitrogens with zero attached hydrogens (tertiary/aromatic N) is 1. The molecule has 1 unspecified atom stereocenters. The van der Waals surface area contributed by atoms with E-state index in [1.807, 2.05) is 0 Å². The van der Waals surface area contributed by atoms with E-state index in [2.05, 4.69) is 41.2 Å². The monoisotopic (exact) mass is 390 g/mol. The lowest BCUT2D eigenvalue weighted by atomic mass is 10.2. The number of hydrogen-bond acceptors (Lipinski definition) is 4. The van der Waals surface area contributed by atoms with Crippen LogP contribution in [-0.4, -0.2) is 11.0 Å². The molecule has 0 amide bonds. The molecule has 2 nitrogen and oxygen atoms in total. The Balaban J connectivity index is 1.95. The van der Waals surface area contributed by atoms with Crippen molar-refractivity contribution in [3.05, 3.63) is 35.3 Å². The topological polar surface area (TPSA) is 24.9 Å². The zero-order valence-corrected chi connectivity index (χ0v) is 15.3. The van der Waals surface area contributed by atoms with Gasteiger partial charge in [0, 0.05) is 20.3 Å². The molecule has 1 fully saturated rings. The zero-order chi connectivity index (χ0) is 14.3. The van der Waals surface area contributed by atoms with Crippen LogP contribution in [-0.2, 0) is 6.42 Å². The highest BCUT2D eigenvalue weighted by atomic mass is 79.9. The zero-order valence-electron chi connectivity index (χ0n) is 11.4. The standard InChI is InChI=1S/C14H16BrClN2S2/c1-3-10-7(2)19-14(18-10)12(17-8-4-5-8)11-6-9(15)13(16)20-11/h6,8,12,17H,3-5H2,1-2H3. The van der Waals surface area contributed by atoms with Gasteiger partial charge in [-0.1, -0.05) is 18.5 Å². The first kappa shape index (κ1) is 15.0. The van der Waals surface area contributed by atoms with Crippen molar-refractivity contribution < 1.29 is 0 Å². The molecule has 108 valence electrons. The molecule has 1 atom stereocenters. The largest absolute Gasteiger partial charge is 0.301 e. The molecule has 2 heterocycles. The normalized spacial score (nSPS) is 16.6. The van der Waals surface area contributed by atoms with Gasteiger partial charge in [-0.25, -0.2) is 4.98 Å². The molecule has 2 aromatic heterocycles. The highest BCUT2D eigenvalue weighted by molar-refractivity contribution is 9.10. The summed E-state index contributed by atoms with van der Waals surface area (Å²) < 4.78 is 1.79. The van der Waals surface area contributed by atoms with Crippen molar-refractivity contribution in [3.8, 4) is 0 Å². The van der Waals surface area contributed by atoms with Crippen LogP contribution in [0.2, 0.25) is 4.34 Å². The van der Waals surface area contributed by atoms with Gasteiger partial charge in [-0.05, 0) is 48.2 Å². The minimum atomic E-state index is 0.181. The molecule has 0 radical (unpaired) electrons. The summed E-state index contributed by atoms with van der Waals surface area (Å²) in [5.74, 6) is 0. The maximum Gasteiger partial charge on any atom is 0.115 e. The molecule has 0 spiro atoms. The second kappa shape index (κ2) is 6.05. The summed E-state index contributed by atoms with van der Waals surface area (Å²) in [5.41, 5.74) is 1.22. The van der Waals surface area contributed by atoms with E-state index in [0.717, 1.165) is 20.2 Å². The van der Waals surface area contributed by atoms with Crippen LogP contribution in [0.3, 0.4) is 0 Å². The van der Waals surface area contributed by atoms with E-state index < -0.39 is 0 Å². The molecule has 0 aromatic carbocycles. The van der Waals surface area contributed by atoms with Crippen molar-refractivity contribution in [3.63, 3.8) is 0 Å². The number of thiophene rings is 1. The van der Waals surface area contributed by atoms with Gasteiger partial charge in [-0.3, -0.25) is 0 Å². The van der Waals surface area contributed by atoms with Crippen LogP contribution in [0, 0.1) is 6.92 Å². The first-order chi connectivity index (χ1) is 9.58. The molecule has 1 aliphatic carbocycles. The number of hydrogen-bond donors (Lipinski definition) is 1. The Hall–Kier alpha value is 0.0600. The van der Waals surface area contributed by atoms with E-state index in [9.17, 15) is 0 Å². The van der Waals surface area contributed by atoms with Gasteiger partial charge in [0.25, 0.3) is 0 Å². The van der Waals surface area contributed by atoms with Gasteiger partial charge in [0.15, 0.2) is 0 Å². The third-order valence-electron chi connectivity index (χ3n) is 3.42. The number of halogens is 2. The van der Waals surface area contributed by atoms with Gasteiger partial charge in [0.1, 0.15) is 9.34 Å². The Morgan fingerprint density at radius 2 is 2.25 bits per heavy atom. The van der Waals surface area contributed by atoms with E-state index >= 15 is 0 Å². The molecule has 1 aliphatic rings. The van der Waals surface area contributed by atoms with Crippen molar-refractivity contribution in [2.45, 2.75) is 45.2 Å². The summed E-state index contributed by atoms with van der Waals surface area (Å²) in [6.45, 7) is 4.32. The Morgan fingerprint density at radius 3 is 2.75 bits per heavy atom. The minimum Gasteiger partial charge on any atom is -0.301 e. The van der Waals surface area contributed by atoms with Crippen LogP contribution in [0.4, 0.5) is 0 Å². The summed E-state index contributed by atoms with van der Waals surface area (Å²) in [7, 11) is 0. The lowest BCUT2D eigenvalue weighted by molar-refractivity contribution is 0.604. The molecular formula is C14H16BrClN2S2. The predicted octanol–water partition coefficient (Wildman–Crippen LogP) is 5.33. The minimum absolute atomic E-state index is 0.181. The van der Waals surface area contributed by atoms with Crippen LogP contribution >= 0.6 is 50.2 Å². The number of rotatable bonds is 5. The Bertz CT molecular complexity index is 599. The molecule has 2 aromatic rings. The maximum atomic E-state index is 6.20. The number of nitrogens with one attached hydrogen (secondary N) is 1. The van der Waals surface area contributed by atoms with Gasteiger partial charge in [-0.2, -0.15) is 0 Å². The summed E-state index contributed by atoms with van der Waals surface area (Å²) in [6, 6.07) is 2.93. The summed E-state index contributed by atoms with van der Waals surface area (Å²) in [6.07, 6.45) is 3.52. The molecule has 0 aliphatic heterocycles. The molecular weight excluding hydrogens is 376 g/mol. The van der Waals surface area contributed by atoms with Crippen molar-refractivity contribution in [2.24, 2.45) is 0 Å². The van der Waals surface area contributed by atoms with E-state index in [1.165, 1.54) is 28.3 Å². The van der Waals surface area contributed by atoms with Crippen molar-refractivity contribution in [2.75, 3.05) is 0 Å². The number of aryl methyl sites for hydroxylation is 2. The Morgan fingerprint density at radius 1 is 1.50 bits per heavy atom. The van der Waals surface area contributed by atoms with Crippen LogP contribution in [0.5, 0.6) is 0 Å². The molecule has 1 N–H and O–H groups in total. The lowest BCUT2D eigenvalue weighted by Crippen LogP contribution is -2.23. The molecule has 0 saturated heterocycles. The summed E-state index contributed by atoms with van der Waals surface area (Å²) >= 11 is 13.1. The van der Waals surface area contributed by atoms with Crippen molar-refractivity contribution in [1.29, 1.82) is 0 Å². The number of aromatic nitrogens is 1. The fourth-order valence-corrected chi connectivity index (χ4v) is 5.13. The first-order valence-corrected chi connectivity index (χ1v) is 9.55. The summed E-state index contributed by atoms with van der Waals surface area (Å²) in [5, 5.41) is 4.87. The third-order valence-corrected chi connectivity index (χ3v) is 7.04. The van der Waals surface area contributed by atoms with Crippen LogP contribution in [0.15, 0.2) is 10.5 Å². The highest BCUT2D eigenvalue weighted by Crippen LogP contribution is 2.40. The number of thiazole rings is 1. The van der Waals surface area contributed by atoms with E-state index in [0.29, 0.717) is 6.04 Å². The van der Waals surface area contributed by atoms with E-state index in [1.54, 1.807) is 22.7 Å². The smallest absolute Gasteiger partial charge is 0.115 e. The quantitative estimate of drug-likeness (QED) is 0.745. The molecule has 20 heavy (non-hydrogen) atoms. The third kappa shape index (κ3) is 3.12. The molecule has 0 bridgehead atoms. The lowest BCUT2D eigenvalue weighted by Gasteiger charge is -2.14. The van der Waals surface area contributed by atoms with Crippen molar-refractivity contribution in [1.82, 2.24) is 10.3 Å². The van der Waals surface area contributed by atoms with Gasteiger partial charge in [-0.15, -0.1) is 22.7 Å². The Labute approximate surface area is 140 Å². The van der Waals surface area contributed by atoms with Gasteiger partial charge >= 0.3 is 0 Å². The second-order valence-electron chi connectivity index (χ2n) is 5.05. The average Bonchev–Trinajstić information content (AvgIpc) is 3.08. The molecule has 6 heteroatoms. The second-order valence-corrected chi connectivity index (χ2v) is 8.83. The van der Waals surface area contributed by atoms with Gasteiger partial charge < -0.3 is 5.32 Å². The van der Waals surface area contributed by atoms with Crippen LogP contribution in [0.25, 0.3) is 0 Å². The SMILES string of the molecule is CCc1nc(C(NC2CC2)c2cc(Br)c(Cl)s2)sc1C. The maximum absolute atomic E-state index is 6.20. The van der Waals surface area contributed by atoms with E-state index in [-0.39, 0.29) is 6.04 Å².